The number of hydrogen-bond donors (Lipinski definition) is 1. The predicted octanol–water partition coefficient (Wildman–Crippen LogP) is 5.60. The second-order valence-electron chi connectivity index (χ2n) is 7.55. The summed E-state index contributed by atoms with van der Waals surface area (Å²) in [5.74, 6) is -0.367. The number of nitrogens with one attached hydrogen (secondary N) is 1. The molecule has 0 atom stereocenters. The highest BCUT2D eigenvalue weighted by molar-refractivity contribution is 5.91. The van der Waals surface area contributed by atoms with Crippen LogP contribution in [0.5, 0.6) is 0 Å². The molecule has 1 amide bonds. The van der Waals surface area contributed by atoms with E-state index in [9.17, 15) is 18.0 Å². The van der Waals surface area contributed by atoms with Gasteiger partial charge in [0.05, 0.1) is 11.3 Å². The van der Waals surface area contributed by atoms with E-state index in [0.29, 0.717) is 6.42 Å². The summed E-state index contributed by atoms with van der Waals surface area (Å²) >= 11 is 0. The zero-order chi connectivity index (χ0) is 22.9. The van der Waals surface area contributed by atoms with Crippen molar-refractivity contribution in [3.05, 3.63) is 83.2 Å². The van der Waals surface area contributed by atoms with Crippen molar-refractivity contribution >= 4 is 17.2 Å². The summed E-state index contributed by atoms with van der Waals surface area (Å²) in [6.07, 6.45) is -3.96. The number of aryl methyl sites for hydroxylation is 2. The van der Waals surface area contributed by atoms with E-state index in [1.54, 1.807) is 4.52 Å². The Labute approximate surface area is 182 Å². The van der Waals surface area contributed by atoms with E-state index < -0.39 is 11.7 Å². The van der Waals surface area contributed by atoms with Crippen molar-refractivity contribution in [3.63, 3.8) is 0 Å². The molecule has 0 saturated carbocycles. The van der Waals surface area contributed by atoms with Crippen LogP contribution in [0, 0.1) is 13.8 Å². The van der Waals surface area contributed by atoms with Gasteiger partial charge in [0.2, 0.25) is 5.91 Å². The van der Waals surface area contributed by atoms with Crippen molar-refractivity contribution in [1.82, 2.24) is 14.6 Å². The highest BCUT2D eigenvalue weighted by Crippen LogP contribution is 2.30. The van der Waals surface area contributed by atoms with Gasteiger partial charge in [-0.05, 0) is 44.0 Å². The van der Waals surface area contributed by atoms with Crippen molar-refractivity contribution in [2.75, 3.05) is 5.32 Å². The van der Waals surface area contributed by atoms with Gasteiger partial charge in [-0.2, -0.15) is 18.3 Å². The molecule has 0 spiro atoms. The summed E-state index contributed by atoms with van der Waals surface area (Å²) < 4.78 is 40.4. The molecule has 8 heteroatoms. The minimum atomic E-state index is -4.46. The molecule has 0 aliphatic heterocycles. The van der Waals surface area contributed by atoms with E-state index >= 15 is 0 Å². The Morgan fingerprint density at radius 3 is 2.50 bits per heavy atom. The van der Waals surface area contributed by atoms with Gasteiger partial charge in [-0.1, -0.05) is 36.4 Å². The quantitative estimate of drug-likeness (QED) is 0.441. The number of hydrogen-bond acceptors (Lipinski definition) is 3. The number of anilines is 1. The van der Waals surface area contributed by atoms with Crippen LogP contribution in [-0.4, -0.2) is 20.5 Å². The van der Waals surface area contributed by atoms with Crippen LogP contribution in [0.2, 0.25) is 0 Å². The van der Waals surface area contributed by atoms with Gasteiger partial charge in [0, 0.05) is 35.1 Å². The first-order chi connectivity index (χ1) is 15.2. The maximum absolute atomic E-state index is 12.9. The fourth-order valence-electron chi connectivity index (χ4n) is 3.67. The van der Waals surface area contributed by atoms with Gasteiger partial charge in [-0.15, -0.1) is 0 Å². The van der Waals surface area contributed by atoms with Crippen LogP contribution < -0.4 is 5.32 Å². The average Bonchev–Trinajstić information content (AvgIpc) is 3.18. The minimum absolute atomic E-state index is 0.109. The summed E-state index contributed by atoms with van der Waals surface area (Å²) in [7, 11) is 0. The number of amides is 1. The molecule has 0 aliphatic carbocycles. The van der Waals surface area contributed by atoms with Gasteiger partial charge >= 0.3 is 6.18 Å². The zero-order valence-corrected chi connectivity index (χ0v) is 17.6. The number of carbonyl (C=O) groups excluding carboxylic acids is 1. The smallest absolute Gasteiger partial charge is 0.326 e. The molecular formula is C24H21F3N4O. The molecule has 4 aromatic rings. The van der Waals surface area contributed by atoms with Crippen LogP contribution in [0.3, 0.4) is 0 Å². The Bertz CT molecular complexity index is 1280. The van der Waals surface area contributed by atoms with Crippen LogP contribution in [-0.2, 0) is 17.4 Å². The third-order valence-corrected chi connectivity index (χ3v) is 5.31. The van der Waals surface area contributed by atoms with E-state index in [2.05, 4.69) is 15.4 Å². The molecule has 0 unspecified atom stereocenters. The summed E-state index contributed by atoms with van der Waals surface area (Å²) in [5.41, 5.74) is 4.38. The first-order valence-corrected chi connectivity index (χ1v) is 10.1. The lowest BCUT2D eigenvalue weighted by Crippen LogP contribution is -2.15. The molecule has 2 heterocycles. The molecule has 164 valence electrons. The second-order valence-corrected chi connectivity index (χ2v) is 7.55. The lowest BCUT2D eigenvalue weighted by molar-refractivity contribution is -0.137. The molecule has 1 N–H and O–H groups in total. The summed E-state index contributed by atoms with van der Waals surface area (Å²) in [6, 6.07) is 16.3. The first-order valence-electron chi connectivity index (χ1n) is 10.1. The second kappa shape index (κ2) is 8.45. The monoisotopic (exact) mass is 438 g/mol. The fourth-order valence-corrected chi connectivity index (χ4v) is 3.67. The van der Waals surface area contributed by atoms with Crippen molar-refractivity contribution in [2.24, 2.45) is 0 Å². The molecular weight excluding hydrogens is 417 g/mol. The fraction of sp³-hybridized carbons (Fsp3) is 0.208. The van der Waals surface area contributed by atoms with Crippen molar-refractivity contribution in [1.29, 1.82) is 0 Å². The molecule has 2 aromatic heterocycles. The first kappa shape index (κ1) is 21.5. The van der Waals surface area contributed by atoms with Gasteiger partial charge in [-0.3, -0.25) is 4.79 Å². The van der Waals surface area contributed by atoms with Crippen LogP contribution in [0.4, 0.5) is 18.9 Å². The minimum Gasteiger partial charge on any atom is -0.326 e. The van der Waals surface area contributed by atoms with Crippen LogP contribution >= 0.6 is 0 Å². The van der Waals surface area contributed by atoms with Crippen LogP contribution in [0.25, 0.3) is 16.9 Å². The normalized spacial score (nSPS) is 11.7. The standard InChI is InChI=1S/C24H21F3N4O/c1-15-20(11-12-23(32)29-19-10-6-9-18(13-19)24(25,26)27)16(2)31-22(28-15)14-21(30-31)17-7-4-3-5-8-17/h3-10,13-14H,11-12H2,1-2H3,(H,29,32). The predicted molar refractivity (Wildman–Crippen MR) is 116 cm³/mol. The van der Waals surface area contributed by atoms with Crippen LogP contribution in [0.1, 0.15) is 28.9 Å². The molecule has 2 aromatic carbocycles. The number of halogens is 3. The SMILES string of the molecule is Cc1nc2cc(-c3ccccc3)nn2c(C)c1CCC(=O)Nc1cccc(C(F)(F)F)c1. The highest BCUT2D eigenvalue weighted by atomic mass is 19.4. The van der Waals surface area contributed by atoms with Gasteiger partial charge in [0.25, 0.3) is 0 Å². The molecule has 0 aliphatic rings. The Morgan fingerprint density at radius 1 is 1.03 bits per heavy atom. The number of aromatic nitrogens is 3. The molecule has 0 radical (unpaired) electrons. The van der Waals surface area contributed by atoms with E-state index in [4.69, 9.17) is 0 Å². The molecule has 5 nitrogen and oxygen atoms in total. The number of rotatable bonds is 5. The Morgan fingerprint density at radius 2 is 1.78 bits per heavy atom. The molecule has 4 rings (SSSR count). The number of benzene rings is 2. The summed E-state index contributed by atoms with van der Waals surface area (Å²) in [5, 5.41) is 7.20. The lowest BCUT2D eigenvalue weighted by Gasteiger charge is -2.12. The lowest BCUT2D eigenvalue weighted by atomic mass is 10.1. The molecule has 0 saturated heterocycles. The number of fused-ring (bicyclic) bond motifs is 1. The summed E-state index contributed by atoms with van der Waals surface area (Å²) in [4.78, 5) is 17.0. The van der Waals surface area contributed by atoms with Crippen LogP contribution in [0.15, 0.2) is 60.7 Å². The van der Waals surface area contributed by atoms with E-state index in [-0.39, 0.29) is 18.0 Å². The van der Waals surface area contributed by atoms with Crippen molar-refractivity contribution in [3.8, 4) is 11.3 Å². The van der Waals surface area contributed by atoms with Gasteiger partial charge < -0.3 is 5.32 Å². The third-order valence-electron chi connectivity index (χ3n) is 5.31. The third kappa shape index (κ3) is 4.49. The maximum atomic E-state index is 12.9. The Kier molecular flexibility index (Phi) is 5.69. The molecule has 0 bridgehead atoms. The number of carbonyl (C=O) groups is 1. The van der Waals surface area contributed by atoms with Gasteiger partial charge in [-0.25, -0.2) is 9.50 Å². The zero-order valence-electron chi connectivity index (χ0n) is 17.6. The Hall–Kier alpha value is -3.68. The largest absolute Gasteiger partial charge is 0.416 e. The average molecular weight is 438 g/mol. The molecule has 32 heavy (non-hydrogen) atoms. The maximum Gasteiger partial charge on any atom is 0.416 e. The van der Waals surface area contributed by atoms with Gasteiger partial charge in [0.15, 0.2) is 5.65 Å². The number of alkyl halides is 3. The highest BCUT2D eigenvalue weighted by Gasteiger charge is 2.30. The van der Waals surface area contributed by atoms with E-state index in [1.165, 1.54) is 12.1 Å². The van der Waals surface area contributed by atoms with Crippen molar-refractivity contribution < 1.29 is 18.0 Å². The summed E-state index contributed by atoms with van der Waals surface area (Å²) in [6.45, 7) is 3.80. The van der Waals surface area contributed by atoms with Crippen molar-refractivity contribution in [2.45, 2.75) is 32.9 Å². The molecule has 0 fully saturated rings. The topological polar surface area (TPSA) is 59.3 Å². The van der Waals surface area contributed by atoms with E-state index in [0.717, 1.165) is 46.0 Å². The Balaban J connectivity index is 1.51. The number of nitrogens with zero attached hydrogens (tertiary/aromatic N) is 3. The van der Waals surface area contributed by atoms with Gasteiger partial charge in [0.1, 0.15) is 0 Å². The van der Waals surface area contributed by atoms with E-state index in [1.807, 2.05) is 50.2 Å².